The number of urea groups is 1. The number of likely N-dealkylation sites (N-methyl/N-ethyl adjacent to an activating group) is 1. The first-order valence-electron chi connectivity index (χ1n) is 7.35. The highest BCUT2D eigenvalue weighted by Gasteiger charge is 2.38. The largest absolute Gasteiger partial charge is 0.478 e. The number of rotatable bonds is 2. The average Bonchev–Trinajstić information content (AvgIpc) is 2.55. The van der Waals surface area contributed by atoms with E-state index in [1.54, 1.807) is 21.0 Å². The lowest BCUT2D eigenvalue weighted by atomic mass is 9.92. The minimum absolute atomic E-state index is 0.217. The zero-order valence-electron chi connectivity index (χ0n) is 13.3. The molecule has 1 aliphatic heterocycles. The number of hydrogen-bond donors (Lipinski definition) is 1. The van der Waals surface area contributed by atoms with Crippen molar-refractivity contribution in [2.75, 3.05) is 14.1 Å². The summed E-state index contributed by atoms with van der Waals surface area (Å²) in [6.45, 7) is 1.67. The lowest BCUT2D eigenvalue weighted by Crippen LogP contribution is -2.47. The number of hydrogen-bond acceptors (Lipinski definition) is 2. The van der Waals surface area contributed by atoms with Gasteiger partial charge in [-0.05, 0) is 29.3 Å². The summed E-state index contributed by atoms with van der Waals surface area (Å²) in [7, 11) is 3.22. The molecule has 2 aromatic carbocycles. The molecule has 0 saturated heterocycles. The Bertz CT molecular complexity index is 841. The smallest absolute Gasteiger partial charge is 0.335 e. The van der Waals surface area contributed by atoms with Crippen molar-refractivity contribution < 1.29 is 14.7 Å². The monoisotopic (exact) mass is 310 g/mol. The minimum Gasteiger partial charge on any atom is -0.478 e. The molecule has 0 aliphatic carbocycles. The molecule has 2 aromatic rings. The number of benzene rings is 2. The summed E-state index contributed by atoms with van der Waals surface area (Å²) in [6, 6.07) is 12.9. The fraction of sp³-hybridized carbons (Fsp3) is 0.222. The minimum atomic E-state index is -1.01. The SMILES string of the molecule is CC1=C(C(=O)O)[C@@H](c2ccc3ccccc3c2)N(C)C(=O)N1C. The standard InChI is InChI=1S/C18H18N2O3/c1-11-15(17(21)22)16(20(3)18(23)19(11)2)14-9-8-12-6-4-5-7-13(12)10-14/h4-10,16H,1-3H3,(H,21,22)/t16-/m1/s1. The summed E-state index contributed by atoms with van der Waals surface area (Å²) in [5, 5.41) is 11.8. The highest BCUT2D eigenvalue weighted by Crippen LogP contribution is 2.36. The molecule has 5 heteroatoms. The van der Waals surface area contributed by atoms with Crippen LogP contribution in [-0.4, -0.2) is 41.0 Å². The van der Waals surface area contributed by atoms with E-state index in [2.05, 4.69) is 0 Å². The second-order valence-electron chi connectivity index (χ2n) is 5.77. The van der Waals surface area contributed by atoms with E-state index >= 15 is 0 Å². The summed E-state index contributed by atoms with van der Waals surface area (Å²) >= 11 is 0. The second-order valence-corrected chi connectivity index (χ2v) is 5.77. The molecule has 0 saturated carbocycles. The Labute approximate surface area is 134 Å². The maximum atomic E-state index is 12.4. The third-order valence-electron chi connectivity index (χ3n) is 4.46. The molecule has 0 bridgehead atoms. The van der Waals surface area contributed by atoms with E-state index in [1.165, 1.54) is 9.80 Å². The number of aliphatic carboxylic acids is 1. The van der Waals surface area contributed by atoms with Crippen LogP contribution >= 0.6 is 0 Å². The molecule has 0 unspecified atom stereocenters. The molecule has 1 heterocycles. The Hall–Kier alpha value is -2.82. The predicted molar refractivity (Wildman–Crippen MR) is 87.9 cm³/mol. The van der Waals surface area contributed by atoms with E-state index in [0.29, 0.717) is 5.70 Å². The molecule has 3 rings (SSSR count). The maximum absolute atomic E-state index is 12.4. The molecule has 2 amide bonds. The molecule has 23 heavy (non-hydrogen) atoms. The Kier molecular flexibility index (Phi) is 3.56. The molecule has 1 N–H and O–H groups in total. The van der Waals surface area contributed by atoms with Gasteiger partial charge in [0.05, 0.1) is 11.6 Å². The number of fused-ring (bicyclic) bond motifs is 1. The van der Waals surface area contributed by atoms with Crippen LogP contribution in [0.5, 0.6) is 0 Å². The van der Waals surface area contributed by atoms with E-state index in [4.69, 9.17) is 0 Å². The zero-order chi connectivity index (χ0) is 16.7. The third kappa shape index (κ3) is 2.34. The van der Waals surface area contributed by atoms with Crippen molar-refractivity contribution in [1.29, 1.82) is 0 Å². The van der Waals surface area contributed by atoms with Crippen LogP contribution in [0.15, 0.2) is 53.7 Å². The van der Waals surface area contributed by atoms with Crippen molar-refractivity contribution in [2.45, 2.75) is 13.0 Å². The van der Waals surface area contributed by atoms with Gasteiger partial charge in [-0.2, -0.15) is 0 Å². The van der Waals surface area contributed by atoms with Gasteiger partial charge < -0.3 is 14.9 Å². The summed E-state index contributed by atoms with van der Waals surface area (Å²) in [5.74, 6) is -1.01. The number of carbonyl (C=O) groups excluding carboxylic acids is 1. The lowest BCUT2D eigenvalue weighted by Gasteiger charge is -2.39. The lowest BCUT2D eigenvalue weighted by molar-refractivity contribution is -0.133. The predicted octanol–water partition coefficient (Wildman–Crippen LogP) is 3.24. The Balaban J connectivity index is 2.20. The quantitative estimate of drug-likeness (QED) is 0.926. The van der Waals surface area contributed by atoms with Gasteiger partial charge in [-0.25, -0.2) is 9.59 Å². The highest BCUT2D eigenvalue weighted by molar-refractivity contribution is 5.94. The first kappa shape index (κ1) is 15.1. The van der Waals surface area contributed by atoms with E-state index in [9.17, 15) is 14.7 Å². The van der Waals surface area contributed by atoms with Crippen LogP contribution in [0.2, 0.25) is 0 Å². The van der Waals surface area contributed by atoms with E-state index in [-0.39, 0.29) is 11.6 Å². The van der Waals surface area contributed by atoms with Gasteiger partial charge in [0, 0.05) is 19.8 Å². The molecule has 0 fully saturated rings. The van der Waals surface area contributed by atoms with Crippen LogP contribution in [0, 0.1) is 0 Å². The normalized spacial score (nSPS) is 18.7. The van der Waals surface area contributed by atoms with Crippen molar-refractivity contribution in [1.82, 2.24) is 9.80 Å². The number of carboxylic acid groups (broad SMARTS) is 1. The number of nitrogens with zero attached hydrogens (tertiary/aromatic N) is 2. The van der Waals surface area contributed by atoms with Crippen molar-refractivity contribution in [3.63, 3.8) is 0 Å². The van der Waals surface area contributed by atoms with Gasteiger partial charge in [0.1, 0.15) is 0 Å². The van der Waals surface area contributed by atoms with Crippen LogP contribution in [0.25, 0.3) is 10.8 Å². The molecule has 1 atom stereocenters. The van der Waals surface area contributed by atoms with Gasteiger partial charge >= 0.3 is 12.0 Å². The van der Waals surface area contributed by atoms with Gasteiger partial charge in [0.25, 0.3) is 0 Å². The van der Waals surface area contributed by atoms with Crippen LogP contribution in [0.3, 0.4) is 0 Å². The Morgan fingerprint density at radius 2 is 1.74 bits per heavy atom. The number of carbonyl (C=O) groups is 2. The average molecular weight is 310 g/mol. The van der Waals surface area contributed by atoms with Crippen LogP contribution in [0.4, 0.5) is 4.79 Å². The van der Waals surface area contributed by atoms with Gasteiger partial charge in [-0.1, -0.05) is 36.4 Å². The third-order valence-corrected chi connectivity index (χ3v) is 4.46. The van der Waals surface area contributed by atoms with E-state index in [1.807, 2.05) is 42.5 Å². The summed E-state index contributed by atoms with van der Waals surface area (Å²) in [6.07, 6.45) is 0. The maximum Gasteiger partial charge on any atom is 0.335 e. The van der Waals surface area contributed by atoms with Crippen molar-refractivity contribution in [2.24, 2.45) is 0 Å². The molecule has 0 spiro atoms. The number of allylic oxidation sites excluding steroid dienone is 1. The molecule has 1 aliphatic rings. The van der Waals surface area contributed by atoms with Gasteiger partial charge in [-0.3, -0.25) is 0 Å². The molecular weight excluding hydrogens is 292 g/mol. The fourth-order valence-corrected chi connectivity index (χ4v) is 3.10. The summed E-state index contributed by atoms with van der Waals surface area (Å²) in [4.78, 5) is 27.0. The molecule has 0 aromatic heterocycles. The molecular formula is C18H18N2O3. The molecule has 118 valence electrons. The van der Waals surface area contributed by atoms with Crippen molar-refractivity contribution >= 4 is 22.8 Å². The van der Waals surface area contributed by atoms with E-state index < -0.39 is 12.0 Å². The fourth-order valence-electron chi connectivity index (χ4n) is 3.10. The van der Waals surface area contributed by atoms with Crippen LogP contribution < -0.4 is 0 Å². The number of amides is 2. The second kappa shape index (κ2) is 5.43. The Morgan fingerprint density at radius 3 is 2.39 bits per heavy atom. The topological polar surface area (TPSA) is 60.9 Å². The highest BCUT2D eigenvalue weighted by atomic mass is 16.4. The summed E-state index contributed by atoms with van der Waals surface area (Å²) in [5.41, 5.74) is 1.49. The van der Waals surface area contributed by atoms with Crippen LogP contribution in [0.1, 0.15) is 18.5 Å². The molecule has 5 nitrogen and oxygen atoms in total. The number of carboxylic acids is 1. The first-order valence-corrected chi connectivity index (χ1v) is 7.35. The molecule has 0 radical (unpaired) electrons. The van der Waals surface area contributed by atoms with Gasteiger partial charge in [-0.15, -0.1) is 0 Å². The Morgan fingerprint density at radius 1 is 1.09 bits per heavy atom. The van der Waals surface area contributed by atoms with Gasteiger partial charge in [0.2, 0.25) is 0 Å². The first-order chi connectivity index (χ1) is 10.9. The zero-order valence-corrected chi connectivity index (χ0v) is 13.3. The van der Waals surface area contributed by atoms with E-state index in [0.717, 1.165) is 16.3 Å². The van der Waals surface area contributed by atoms with Crippen molar-refractivity contribution in [3.8, 4) is 0 Å². The van der Waals surface area contributed by atoms with Gasteiger partial charge in [0.15, 0.2) is 0 Å². The summed E-state index contributed by atoms with van der Waals surface area (Å²) < 4.78 is 0. The van der Waals surface area contributed by atoms with Crippen molar-refractivity contribution in [3.05, 3.63) is 59.3 Å². The van der Waals surface area contributed by atoms with Crippen LogP contribution in [-0.2, 0) is 4.79 Å².